The van der Waals surface area contributed by atoms with Gasteiger partial charge >= 0.3 is 5.97 Å². The van der Waals surface area contributed by atoms with Crippen LogP contribution < -0.4 is 5.73 Å². The number of hydrogen-bond donors (Lipinski definition) is 2. The van der Waals surface area contributed by atoms with Gasteiger partial charge in [-0.2, -0.15) is 0 Å². The molecule has 1 aromatic carbocycles. The minimum Gasteiger partial charge on any atom is -0.481 e. The van der Waals surface area contributed by atoms with Gasteiger partial charge in [0.05, 0.1) is 5.92 Å². The van der Waals surface area contributed by atoms with Gasteiger partial charge in [-0.1, -0.05) is 6.07 Å². The summed E-state index contributed by atoms with van der Waals surface area (Å²) in [6.45, 7) is -0.0334. The van der Waals surface area contributed by atoms with Crippen molar-refractivity contribution in [3.63, 3.8) is 0 Å². The summed E-state index contributed by atoms with van der Waals surface area (Å²) in [7, 11) is 0. The molecule has 3 N–H and O–H groups in total. The molecule has 1 aromatic rings. The average molecular weight is 252 g/mol. The maximum Gasteiger partial charge on any atom is 0.308 e. The van der Waals surface area contributed by atoms with Gasteiger partial charge in [0, 0.05) is 6.54 Å². The van der Waals surface area contributed by atoms with Gasteiger partial charge in [-0.3, -0.25) is 4.79 Å². The van der Waals surface area contributed by atoms with Crippen molar-refractivity contribution in [1.29, 1.82) is 0 Å². The predicted octanol–water partition coefficient (Wildman–Crippen LogP) is 1.59. The molecule has 0 aliphatic carbocycles. The Morgan fingerprint density at radius 1 is 1.38 bits per heavy atom. The maximum atomic E-state index is 12.8. The number of carboxylic acids is 1. The predicted molar refractivity (Wildman–Crippen MR) is 57.5 cm³/mol. The second-order valence-corrected chi connectivity index (χ2v) is 3.22. The first kappa shape index (κ1) is 14.8. The molecular formula is C10H12ClF2NO2. The number of aliphatic carboxylic acids is 1. The number of benzene rings is 1. The van der Waals surface area contributed by atoms with Gasteiger partial charge in [0.25, 0.3) is 0 Å². The van der Waals surface area contributed by atoms with Crippen molar-refractivity contribution < 1.29 is 18.7 Å². The highest BCUT2D eigenvalue weighted by molar-refractivity contribution is 5.85. The molecule has 90 valence electrons. The second kappa shape index (κ2) is 6.40. The van der Waals surface area contributed by atoms with Crippen molar-refractivity contribution in [2.75, 3.05) is 6.54 Å². The number of carbonyl (C=O) groups is 1. The highest BCUT2D eigenvalue weighted by Gasteiger charge is 2.16. The molecule has 0 heterocycles. The Labute approximate surface area is 97.7 Å². The van der Waals surface area contributed by atoms with E-state index in [0.29, 0.717) is 5.56 Å². The lowest BCUT2D eigenvalue weighted by atomic mass is 9.99. The summed E-state index contributed by atoms with van der Waals surface area (Å²) in [5.74, 6) is -3.73. The van der Waals surface area contributed by atoms with Crippen LogP contribution in [0.3, 0.4) is 0 Å². The molecule has 0 aliphatic rings. The molecule has 1 rings (SSSR count). The molecule has 0 amide bonds. The van der Waals surface area contributed by atoms with E-state index in [-0.39, 0.29) is 25.4 Å². The van der Waals surface area contributed by atoms with Gasteiger partial charge in [-0.25, -0.2) is 8.78 Å². The lowest BCUT2D eigenvalue weighted by molar-refractivity contribution is -0.141. The number of hydrogen-bond acceptors (Lipinski definition) is 2. The molecule has 6 heteroatoms. The molecule has 0 radical (unpaired) electrons. The van der Waals surface area contributed by atoms with E-state index in [9.17, 15) is 13.6 Å². The number of rotatable bonds is 4. The van der Waals surface area contributed by atoms with E-state index in [2.05, 4.69) is 0 Å². The van der Waals surface area contributed by atoms with E-state index < -0.39 is 23.5 Å². The van der Waals surface area contributed by atoms with Crippen LogP contribution in [0.4, 0.5) is 8.78 Å². The van der Waals surface area contributed by atoms with Gasteiger partial charge < -0.3 is 10.8 Å². The highest BCUT2D eigenvalue weighted by Crippen LogP contribution is 2.12. The normalized spacial score (nSPS) is 11.7. The molecule has 0 saturated carbocycles. The fourth-order valence-corrected chi connectivity index (χ4v) is 1.22. The van der Waals surface area contributed by atoms with Crippen LogP contribution in [0.15, 0.2) is 18.2 Å². The van der Waals surface area contributed by atoms with Crippen LogP contribution in [0, 0.1) is 17.6 Å². The van der Waals surface area contributed by atoms with Crippen molar-refractivity contribution in [1.82, 2.24) is 0 Å². The third-order valence-electron chi connectivity index (χ3n) is 2.10. The number of carboxylic acid groups (broad SMARTS) is 1. The summed E-state index contributed by atoms with van der Waals surface area (Å²) in [5, 5.41) is 8.71. The van der Waals surface area contributed by atoms with Gasteiger partial charge in [-0.15, -0.1) is 12.4 Å². The van der Waals surface area contributed by atoms with Gasteiger partial charge in [0.2, 0.25) is 0 Å². The Balaban J connectivity index is 0.00000225. The third-order valence-corrected chi connectivity index (χ3v) is 2.10. The topological polar surface area (TPSA) is 63.3 Å². The Hall–Kier alpha value is -1.20. The highest BCUT2D eigenvalue weighted by atomic mass is 35.5. The van der Waals surface area contributed by atoms with E-state index in [1.54, 1.807) is 0 Å². The molecule has 0 bridgehead atoms. The zero-order chi connectivity index (χ0) is 11.4. The van der Waals surface area contributed by atoms with Crippen LogP contribution in [0.5, 0.6) is 0 Å². The minimum absolute atomic E-state index is 0. The molecule has 0 fully saturated rings. The lowest BCUT2D eigenvalue weighted by Gasteiger charge is -2.09. The maximum absolute atomic E-state index is 12.8. The van der Waals surface area contributed by atoms with Crippen LogP contribution in [0.25, 0.3) is 0 Å². The molecule has 0 aromatic heterocycles. The van der Waals surface area contributed by atoms with Crippen LogP contribution in [0.1, 0.15) is 5.56 Å². The van der Waals surface area contributed by atoms with Crippen LogP contribution in [0.2, 0.25) is 0 Å². The SMILES string of the molecule is Cl.NC[C@@H](Cc1ccc(F)c(F)c1)C(=O)O. The third kappa shape index (κ3) is 3.75. The fourth-order valence-electron chi connectivity index (χ4n) is 1.22. The first-order valence-corrected chi connectivity index (χ1v) is 4.41. The van der Waals surface area contributed by atoms with Gasteiger partial charge in [0.1, 0.15) is 0 Å². The van der Waals surface area contributed by atoms with Gasteiger partial charge in [-0.05, 0) is 24.1 Å². The Kier molecular flexibility index (Phi) is 5.92. The number of halogens is 3. The molecule has 0 spiro atoms. The largest absolute Gasteiger partial charge is 0.481 e. The van der Waals surface area contributed by atoms with Crippen molar-refractivity contribution in [2.24, 2.45) is 11.7 Å². The summed E-state index contributed by atoms with van der Waals surface area (Å²) in [4.78, 5) is 10.6. The average Bonchev–Trinajstić information content (AvgIpc) is 2.19. The van der Waals surface area contributed by atoms with Crippen molar-refractivity contribution >= 4 is 18.4 Å². The summed E-state index contributed by atoms with van der Waals surface area (Å²) in [5.41, 5.74) is 5.66. The monoisotopic (exact) mass is 251 g/mol. The number of nitrogens with two attached hydrogens (primary N) is 1. The first-order chi connectivity index (χ1) is 7.04. The van der Waals surface area contributed by atoms with Crippen LogP contribution >= 0.6 is 12.4 Å². The van der Waals surface area contributed by atoms with Crippen molar-refractivity contribution in [2.45, 2.75) is 6.42 Å². The summed E-state index contributed by atoms with van der Waals surface area (Å²) in [6, 6.07) is 3.31. The second-order valence-electron chi connectivity index (χ2n) is 3.22. The summed E-state index contributed by atoms with van der Waals surface area (Å²) >= 11 is 0. The van der Waals surface area contributed by atoms with Crippen molar-refractivity contribution in [3.8, 4) is 0 Å². The quantitative estimate of drug-likeness (QED) is 0.854. The summed E-state index contributed by atoms with van der Waals surface area (Å²) in [6.07, 6.45) is 0.100. The Morgan fingerprint density at radius 2 is 2.00 bits per heavy atom. The standard InChI is InChI=1S/C10H11F2NO2.ClH/c11-8-2-1-6(4-9(8)12)3-7(5-13)10(14)15;/h1-2,4,7H,3,5,13H2,(H,14,15);1H/t7-;/m1./s1. The molecule has 0 saturated heterocycles. The molecule has 0 aliphatic heterocycles. The molecule has 3 nitrogen and oxygen atoms in total. The van der Waals surface area contributed by atoms with E-state index >= 15 is 0 Å². The van der Waals surface area contributed by atoms with Crippen LogP contribution in [-0.4, -0.2) is 17.6 Å². The molecular weight excluding hydrogens is 240 g/mol. The summed E-state index contributed by atoms with van der Waals surface area (Å²) < 4.78 is 25.3. The van der Waals surface area contributed by atoms with E-state index in [1.807, 2.05) is 0 Å². The molecule has 1 atom stereocenters. The van der Waals surface area contributed by atoms with Crippen molar-refractivity contribution in [3.05, 3.63) is 35.4 Å². The molecule has 0 unspecified atom stereocenters. The van der Waals surface area contributed by atoms with Gasteiger partial charge in [0.15, 0.2) is 11.6 Å². The zero-order valence-electron chi connectivity index (χ0n) is 8.32. The minimum atomic E-state index is -1.04. The first-order valence-electron chi connectivity index (χ1n) is 4.41. The van der Waals surface area contributed by atoms with E-state index in [0.717, 1.165) is 12.1 Å². The van der Waals surface area contributed by atoms with E-state index in [4.69, 9.17) is 10.8 Å². The smallest absolute Gasteiger partial charge is 0.308 e. The Bertz CT molecular complexity index is 374. The van der Waals surface area contributed by atoms with E-state index in [1.165, 1.54) is 6.07 Å². The lowest BCUT2D eigenvalue weighted by Crippen LogP contribution is -2.25. The fraction of sp³-hybridized carbons (Fsp3) is 0.300. The Morgan fingerprint density at radius 3 is 2.44 bits per heavy atom. The zero-order valence-corrected chi connectivity index (χ0v) is 9.14. The van der Waals surface area contributed by atoms with Crippen LogP contribution in [-0.2, 0) is 11.2 Å². The molecule has 16 heavy (non-hydrogen) atoms.